The third-order valence-electron chi connectivity index (χ3n) is 2.47. The van der Waals surface area contributed by atoms with Crippen LogP contribution in [0.3, 0.4) is 0 Å². The van der Waals surface area contributed by atoms with E-state index in [2.05, 4.69) is 15.4 Å². The Morgan fingerprint density at radius 2 is 2.06 bits per heavy atom. The summed E-state index contributed by atoms with van der Waals surface area (Å²) in [5.74, 6) is 6.84. The summed E-state index contributed by atoms with van der Waals surface area (Å²) in [4.78, 5) is 8.04. The van der Waals surface area contributed by atoms with Gasteiger partial charge >= 0.3 is 0 Å². The zero-order valence-corrected chi connectivity index (χ0v) is 10.8. The van der Waals surface area contributed by atoms with Gasteiger partial charge in [0.15, 0.2) is 0 Å². The van der Waals surface area contributed by atoms with Crippen LogP contribution in [0.4, 0.5) is 5.82 Å². The maximum Gasteiger partial charge on any atom is 0.227 e. The van der Waals surface area contributed by atoms with Gasteiger partial charge in [-0.25, -0.2) is 15.8 Å². The fraction of sp³-hybridized carbons (Fsp3) is 0.167. The average Bonchev–Trinajstić information content (AvgIpc) is 2.36. The molecule has 0 bridgehead atoms. The Labute approximate surface area is 110 Å². The Morgan fingerprint density at radius 1 is 1.28 bits per heavy atom. The van der Waals surface area contributed by atoms with Crippen molar-refractivity contribution < 1.29 is 4.74 Å². The van der Waals surface area contributed by atoms with Gasteiger partial charge in [0.1, 0.15) is 17.9 Å². The number of aryl methyl sites for hydroxylation is 1. The summed E-state index contributed by atoms with van der Waals surface area (Å²) in [5, 5.41) is 0.529. The molecule has 1 aromatic heterocycles. The summed E-state index contributed by atoms with van der Waals surface area (Å²) < 4.78 is 5.68. The number of nitrogens with two attached hydrogens (primary N) is 1. The minimum absolute atomic E-state index is 0.422. The van der Waals surface area contributed by atoms with Crippen LogP contribution in [0.25, 0.3) is 0 Å². The van der Waals surface area contributed by atoms with Crippen molar-refractivity contribution in [1.82, 2.24) is 9.97 Å². The molecule has 0 saturated carbocycles. The number of hydrogen-bond acceptors (Lipinski definition) is 5. The van der Waals surface area contributed by atoms with E-state index in [1.165, 1.54) is 6.33 Å². The molecular weight excluding hydrogens is 252 g/mol. The lowest BCUT2D eigenvalue weighted by Gasteiger charge is -2.11. The molecule has 2 aromatic rings. The molecule has 0 amide bonds. The Balaban J connectivity index is 2.37. The van der Waals surface area contributed by atoms with Crippen LogP contribution in [0.15, 0.2) is 24.5 Å². The molecule has 3 N–H and O–H groups in total. The number of hydrazine groups is 1. The van der Waals surface area contributed by atoms with Crippen LogP contribution in [0, 0.1) is 13.8 Å². The SMILES string of the molecule is Cc1ccc(Cl)c(Oc2ncnc(NN)c2C)c1. The molecule has 2 rings (SSSR count). The standard InChI is InChI=1S/C12H13ClN4O/c1-7-3-4-9(13)10(5-7)18-12-8(2)11(17-14)15-6-16-12/h3-6H,14H2,1-2H3,(H,15,16,17). The quantitative estimate of drug-likeness (QED) is 0.659. The molecule has 0 radical (unpaired) electrons. The predicted octanol–water partition coefficient (Wildman–Crippen LogP) is 2.82. The van der Waals surface area contributed by atoms with E-state index in [1.54, 1.807) is 6.07 Å². The molecule has 0 fully saturated rings. The summed E-state index contributed by atoms with van der Waals surface area (Å²) in [7, 11) is 0. The van der Waals surface area contributed by atoms with Gasteiger partial charge in [-0.1, -0.05) is 17.7 Å². The Morgan fingerprint density at radius 3 is 2.78 bits per heavy atom. The van der Waals surface area contributed by atoms with E-state index in [9.17, 15) is 0 Å². The lowest BCUT2D eigenvalue weighted by atomic mass is 10.2. The predicted molar refractivity (Wildman–Crippen MR) is 70.8 cm³/mol. The van der Waals surface area contributed by atoms with Crippen LogP contribution in [0.2, 0.25) is 5.02 Å². The number of benzene rings is 1. The van der Waals surface area contributed by atoms with Crippen molar-refractivity contribution in [1.29, 1.82) is 0 Å². The molecule has 6 heteroatoms. The summed E-state index contributed by atoms with van der Waals surface area (Å²) in [6.45, 7) is 3.77. The van der Waals surface area contributed by atoms with Gasteiger partial charge in [-0.2, -0.15) is 0 Å². The van der Waals surface area contributed by atoms with Gasteiger partial charge in [0.2, 0.25) is 5.88 Å². The number of nitrogens with one attached hydrogen (secondary N) is 1. The van der Waals surface area contributed by atoms with Crippen LogP contribution >= 0.6 is 11.6 Å². The largest absolute Gasteiger partial charge is 0.437 e. The average molecular weight is 265 g/mol. The molecule has 18 heavy (non-hydrogen) atoms. The van der Waals surface area contributed by atoms with Crippen LogP contribution in [-0.2, 0) is 0 Å². The van der Waals surface area contributed by atoms with Crippen molar-refractivity contribution >= 4 is 17.4 Å². The molecule has 5 nitrogen and oxygen atoms in total. The van der Waals surface area contributed by atoms with Crippen LogP contribution < -0.4 is 16.0 Å². The van der Waals surface area contributed by atoms with E-state index in [0.717, 1.165) is 11.1 Å². The van der Waals surface area contributed by atoms with Gasteiger partial charge in [0, 0.05) is 0 Å². The summed E-state index contributed by atoms with van der Waals surface area (Å²) in [5.41, 5.74) is 4.26. The third-order valence-corrected chi connectivity index (χ3v) is 2.78. The number of ether oxygens (including phenoxy) is 1. The fourth-order valence-electron chi connectivity index (χ4n) is 1.48. The van der Waals surface area contributed by atoms with Crippen molar-refractivity contribution in [2.45, 2.75) is 13.8 Å². The first kappa shape index (κ1) is 12.6. The smallest absolute Gasteiger partial charge is 0.227 e. The van der Waals surface area contributed by atoms with Gasteiger partial charge < -0.3 is 10.2 Å². The van der Waals surface area contributed by atoms with Gasteiger partial charge in [-0.15, -0.1) is 0 Å². The van der Waals surface area contributed by atoms with Crippen molar-refractivity contribution in [3.63, 3.8) is 0 Å². The monoisotopic (exact) mass is 264 g/mol. The van der Waals surface area contributed by atoms with Crippen LogP contribution in [0.1, 0.15) is 11.1 Å². The lowest BCUT2D eigenvalue weighted by Crippen LogP contribution is -2.11. The molecule has 0 aliphatic heterocycles. The maximum absolute atomic E-state index is 6.06. The Kier molecular flexibility index (Phi) is 3.64. The second-order valence-electron chi connectivity index (χ2n) is 3.83. The summed E-state index contributed by atoms with van der Waals surface area (Å²) in [6, 6.07) is 5.54. The number of nitrogens with zero attached hydrogens (tertiary/aromatic N) is 2. The minimum atomic E-state index is 0.422. The van der Waals surface area contributed by atoms with E-state index in [4.69, 9.17) is 22.2 Å². The molecule has 0 atom stereocenters. The summed E-state index contributed by atoms with van der Waals surface area (Å²) >= 11 is 6.06. The van der Waals surface area contributed by atoms with Gasteiger partial charge in [0.05, 0.1) is 10.6 Å². The zero-order valence-electron chi connectivity index (χ0n) is 10.1. The molecule has 1 heterocycles. The van der Waals surface area contributed by atoms with Crippen molar-refractivity contribution in [2.75, 3.05) is 5.43 Å². The van der Waals surface area contributed by atoms with E-state index >= 15 is 0 Å². The highest BCUT2D eigenvalue weighted by molar-refractivity contribution is 6.32. The minimum Gasteiger partial charge on any atom is -0.437 e. The van der Waals surface area contributed by atoms with E-state index in [-0.39, 0.29) is 0 Å². The molecule has 0 spiro atoms. The normalized spacial score (nSPS) is 10.2. The molecule has 0 saturated heterocycles. The molecule has 0 aliphatic carbocycles. The molecular formula is C12H13ClN4O. The Hall–Kier alpha value is -1.85. The third kappa shape index (κ3) is 2.52. The van der Waals surface area contributed by atoms with Crippen molar-refractivity contribution in [2.24, 2.45) is 5.84 Å². The van der Waals surface area contributed by atoms with E-state index < -0.39 is 0 Å². The topological polar surface area (TPSA) is 73.1 Å². The Bertz CT molecular complexity index is 574. The first-order valence-electron chi connectivity index (χ1n) is 5.34. The second-order valence-corrected chi connectivity index (χ2v) is 4.24. The second kappa shape index (κ2) is 5.20. The number of nitrogen functional groups attached to an aromatic ring is 1. The number of anilines is 1. The molecule has 0 unspecified atom stereocenters. The number of hydrogen-bond donors (Lipinski definition) is 2. The van der Waals surface area contributed by atoms with Crippen LogP contribution in [-0.4, -0.2) is 9.97 Å². The van der Waals surface area contributed by atoms with E-state index in [0.29, 0.717) is 22.5 Å². The van der Waals surface area contributed by atoms with Gasteiger partial charge in [-0.05, 0) is 31.5 Å². The highest BCUT2D eigenvalue weighted by atomic mass is 35.5. The van der Waals surface area contributed by atoms with Crippen LogP contribution in [0.5, 0.6) is 11.6 Å². The highest BCUT2D eigenvalue weighted by Crippen LogP contribution is 2.31. The van der Waals surface area contributed by atoms with Crippen molar-refractivity contribution in [3.8, 4) is 11.6 Å². The first-order valence-corrected chi connectivity index (χ1v) is 5.72. The maximum atomic E-state index is 6.06. The van der Waals surface area contributed by atoms with Gasteiger partial charge in [-0.3, -0.25) is 0 Å². The molecule has 94 valence electrons. The molecule has 0 aliphatic rings. The number of rotatable bonds is 3. The lowest BCUT2D eigenvalue weighted by molar-refractivity contribution is 0.457. The van der Waals surface area contributed by atoms with Crippen molar-refractivity contribution in [3.05, 3.63) is 40.7 Å². The first-order chi connectivity index (χ1) is 8.61. The van der Waals surface area contributed by atoms with E-state index in [1.807, 2.05) is 26.0 Å². The number of aromatic nitrogens is 2. The summed E-state index contributed by atoms with van der Waals surface area (Å²) in [6.07, 6.45) is 1.38. The fourth-order valence-corrected chi connectivity index (χ4v) is 1.63. The highest BCUT2D eigenvalue weighted by Gasteiger charge is 2.10. The zero-order chi connectivity index (χ0) is 13.1. The van der Waals surface area contributed by atoms with Gasteiger partial charge in [0.25, 0.3) is 0 Å². The molecule has 1 aromatic carbocycles. The number of halogens is 1.